The van der Waals surface area contributed by atoms with E-state index in [9.17, 15) is 14.4 Å². The molecule has 4 rings (SSSR count). The molecule has 2 saturated heterocycles. The number of carbonyl (C=O) groups excluding carboxylic acids is 2. The van der Waals surface area contributed by atoms with Crippen molar-refractivity contribution in [2.45, 2.75) is 51.7 Å². The Kier molecular flexibility index (Phi) is 5.32. The molecule has 1 aromatic heterocycles. The number of nitrogens with one attached hydrogen (secondary N) is 1. The standard InChI is InChI=1S/C22H31N5O3/c1-22(2,3)26-12-10-25(11-13-26)14-15-6-5-7-16-19(15)24(4)21(30)27(16)17-8-9-18(28)23-20(17)29/h5-7,17H,8-14H2,1-4H3,(H,23,28,29). The van der Waals surface area contributed by atoms with Gasteiger partial charge in [-0.25, -0.2) is 4.79 Å². The molecule has 162 valence electrons. The average molecular weight is 414 g/mol. The van der Waals surface area contributed by atoms with Gasteiger partial charge in [-0.1, -0.05) is 12.1 Å². The number of amides is 2. The minimum Gasteiger partial charge on any atom is -0.296 e. The first-order valence-corrected chi connectivity index (χ1v) is 10.7. The summed E-state index contributed by atoms with van der Waals surface area (Å²) in [5.74, 6) is -0.677. The number of imide groups is 1. The van der Waals surface area contributed by atoms with Crippen LogP contribution in [0, 0.1) is 0 Å². The van der Waals surface area contributed by atoms with Gasteiger partial charge in [-0.05, 0) is 38.8 Å². The van der Waals surface area contributed by atoms with E-state index in [4.69, 9.17) is 0 Å². The van der Waals surface area contributed by atoms with Crippen LogP contribution >= 0.6 is 0 Å². The van der Waals surface area contributed by atoms with E-state index in [-0.39, 0.29) is 23.6 Å². The second-order valence-corrected chi connectivity index (χ2v) is 9.40. The van der Waals surface area contributed by atoms with Crippen molar-refractivity contribution in [2.75, 3.05) is 26.2 Å². The maximum atomic E-state index is 13.1. The first-order valence-electron chi connectivity index (χ1n) is 10.7. The van der Waals surface area contributed by atoms with Gasteiger partial charge in [0.15, 0.2) is 0 Å². The third kappa shape index (κ3) is 3.70. The zero-order valence-electron chi connectivity index (χ0n) is 18.3. The molecule has 30 heavy (non-hydrogen) atoms. The van der Waals surface area contributed by atoms with Crippen molar-refractivity contribution in [1.29, 1.82) is 0 Å². The minimum atomic E-state index is -0.649. The molecular weight excluding hydrogens is 382 g/mol. The van der Waals surface area contributed by atoms with Crippen molar-refractivity contribution in [3.05, 3.63) is 34.2 Å². The lowest BCUT2D eigenvalue weighted by Gasteiger charge is -2.42. The Morgan fingerprint density at radius 3 is 2.40 bits per heavy atom. The third-order valence-electron chi connectivity index (χ3n) is 6.42. The number of aromatic nitrogens is 2. The molecule has 1 aromatic carbocycles. The SMILES string of the molecule is Cn1c(=O)n(C2CCC(=O)NC2=O)c2cccc(CN3CCN(C(C)(C)C)CC3)c21. The van der Waals surface area contributed by atoms with Gasteiger partial charge in [0.2, 0.25) is 11.8 Å². The number of carbonyl (C=O) groups is 2. The molecule has 0 bridgehead atoms. The number of benzene rings is 1. The summed E-state index contributed by atoms with van der Waals surface area (Å²) in [5, 5.41) is 2.37. The van der Waals surface area contributed by atoms with E-state index in [0.29, 0.717) is 6.42 Å². The number of hydrogen-bond acceptors (Lipinski definition) is 5. The summed E-state index contributed by atoms with van der Waals surface area (Å²) in [4.78, 5) is 41.9. The molecule has 1 atom stereocenters. The molecule has 3 heterocycles. The number of hydrogen-bond donors (Lipinski definition) is 1. The highest BCUT2D eigenvalue weighted by molar-refractivity contribution is 6.00. The van der Waals surface area contributed by atoms with Crippen LogP contribution in [0.1, 0.15) is 45.2 Å². The summed E-state index contributed by atoms with van der Waals surface area (Å²) in [7, 11) is 1.76. The molecule has 2 aliphatic rings. The molecule has 2 aromatic rings. The van der Waals surface area contributed by atoms with E-state index >= 15 is 0 Å². The number of para-hydroxylation sites is 1. The van der Waals surface area contributed by atoms with Crippen molar-refractivity contribution in [3.63, 3.8) is 0 Å². The van der Waals surface area contributed by atoms with Gasteiger partial charge in [0, 0.05) is 51.7 Å². The summed E-state index contributed by atoms with van der Waals surface area (Å²) >= 11 is 0. The van der Waals surface area contributed by atoms with Gasteiger partial charge in [0.1, 0.15) is 6.04 Å². The van der Waals surface area contributed by atoms with Crippen molar-refractivity contribution in [2.24, 2.45) is 7.05 Å². The second kappa shape index (κ2) is 7.67. The van der Waals surface area contributed by atoms with Crippen molar-refractivity contribution >= 4 is 22.8 Å². The monoisotopic (exact) mass is 413 g/mol. The molecule has 0 radical (unpaired) electrons. The van der Waals surface area contributed by atoms with Crippen molar-refractivity contribution in [3.8, 4) is 0 Å². The van der Waals surface area contributed by atoms with E-state index in [1.807, 2.05) is 12.1 Å². The van der Waals surface area contributed by atoms with E-state index < -0.39 is 11.9 Å². The zero-order valence-corrected chi connectivity index (χ0v) is 18.3. The summed E-state index contributed by atoms with van der Waals surface area (Å²) in [6.45, 7) is 11.5. The second-order valence-electron chi connectivity index (χ2n) is 9.40. The molecular formula is C22H31N5O3. The first-order chi connectivity index (χ1) is 14.2. The summed E-state index contributed by atoms with van der Waals surface area (Å²) in [6, 6.07) is 5.25. The highest BCUT2D eigenvalue weighted by atomic mass is 16.2. The van der Waals surface area contributed by atoms with Crippen LogP contribution in [0.25, 0.3) is 11.0 Å². The predicted octanol–water partition coefficient (Wildman–Crippen LogP) is 1.23. The largest absolute Gasteiger partial charge is 0.329 e. The van der Waals surface area contributed by atoms with Crippen LogP contribution < -0.4 is 11.0 Å². The molecule has 8 heteroatoms. The van der Waals surface area contributed by atoms with Gasteiger partial charge in [-0.2, -0.15) is 0 Å². The lowest BCUT2D eigenvalue weighted by molar-refractivity contribution is -0.135. The Hall–Kier alpha value is -2.45. The number of rotatable bonds is 3. The Balaban J connectivity index is 1.63. The van der Waals surface area contributed by atoms with Crippen LogP contribution in [0.15, 0.2) is 23.0 Å². The number of fused-ring (bicyclic) bond motifs is 1. The fraction of sp³-hybridized carbons (Fsp3) is 0.591. The number of nitrogens with zero attached hydrogens (tertiary/aromatic N) is 4. The van der Waals surface area contributed by atoms with Crippen molar-refractivity contribution < 1.29 is 9.59 Å². The highest BCUT2D eigenvalue weighted by Gasteiger charge is 2.32. The third-order valence-corrected chi connectivity index (χ3v) is 6.42. The van der Waals surface area contributed by atoms with E-state index in [2.05, 4.69) is 42.0 Å². The lowest BCUT2D eigenvalue weighted by Crippen LogP contribution is -2.53. The average Bonchev–Trinajstić information content (AvgIpc) is 2.93. The van der Waals surface area contributed by atoms with Crippen LogP contribution in [0.2, 0.25) is 0 Å². The molecule has 0 spiro atoms. The quantitative estimate of drug-likeness (QED) is 0.766. The van der Waals surface area contributed by atoms with Crippen LogP contribution in [0.3, 0.4) is 0 Å². The van der Waals surface area contributed by atoms with Gasteiger partial charge in [0.25, 0.3) is 0 Å². The molecule has 0 saturated carbocycles. The highest BCUT2D eigenvalue weighted by Crippen LogP contribution is 2.26. The molecule has 8 nitrogen and oxygen atoms in total. The van der Waals surface area contributed by atoms with Gasteiger partial charge in [-0.15, -0.1) is 0 Å². The summed E-state index contributed by atoms with van der Waals surface area (Å²) < 4.78 is 3.19. The van der Waals surface area contributed by atoms with Crippen LogP contribution in [-0.4, -0.2) is 62.5 Å². The van der Waals surface area contributed by atoms with Gasteiger partial charge in [-0.3, -0.25) is 33.8 Å². The Morgan fingerprint density at radius 1 is 1.07 bits per heavy atom. The molecule has 2 aliphatic heterocycles. The van der Waals surface area contributed by atoms with E-state index in [1.165, 1.54) is 0 Å². The van der Waals surface area contributed by atoms with Crippen LogP contribution in [-0.2, 0) is 23.2 Å². The Labute approximate surface area is 176 Å². The zero-order chi connectivity index (χ0) is 21.6. The molecule has 1 N–H and O–H groups in total. The first kappa shape index (κ1) is 20.8. The fourth-order valence-corrected chi connectivity index (χ4v) is 4.69. The topological polar surface area (TPSA) is 79.6 Å². The number of piperidine rings is 1. The van der Waals surface area contributed by atoms with Gasteiger partial charge >= 0.3 is 5.69 Å². The van der Waals surface area contributed by atoms with Crippen LogP contribution in [0.5, 0.6) is 0 Å². The smallest absolute Gasteiger partial charge is 0.296 e. The van der Waals surface area contributed by atoms with E-state index in [0.717, 1.165) is 49.3 Å². The summed E-state index contributed by atoms with van der Waals surface area (Å²) in [5.41, 5.74) is 2.66. The maximum Gasteiger partial charge on any atom is 0.329 e. The van der Waals surface area contributed by atoms with Crippen LogP contribution in [0.4, 0.5) is 0 Å². The number of piperazine rings is 1. The maximum absolute atomic E-state index is 13.1. The molecule has 0 aliphatic carbocycles. The minimum absolute atomic E-state index is 0.176. The molecule has 1 unspecified atom stereocenters. The predicted molar refractivity (Wildman–Crippen MR) is 115 cm³/mol. The number of imidazole rings is 1. The molecule has 2 fully saturated rings. The normalized spacial score (nSPS) is 21.9. The number of aryl methyl sites for hydroxylation is 1. The van der Waals surface area contributed by atoms with Gasteiger partial charge in [0.05, 0.1) is 11.0 Å². The van der Waals surface area contributed by atoms with Crippen molar-refractivity contribution in [1.82, 2.24) is 24.3 Å². The van der Waals surface area contributed by atoms with Gasteiger partial charge < -0.3 is 0 Å². The Bertz CT molecular complexity index is 1040. The summed E-state index contributed by atoms with van der Waals surface area (Å²) in [6.07, 6.45) is 0.597. The fourth-order valence-electron chi connectivity index (χ4n) is 4.69. The molecule has 2 amide bonds. The lowest BCUT2D eigenvalue weighted by atomic mass is 10.0. The Morgan fingerprint density at radius 2 is 1.77 bits per heavy atom. The van der Waals surface area contributed by atoms with E-state index in [1.54, 1.807) is 16.2 Å².